The Morgan fingerprint density at radius 3 is 1.73 bits per heavy atom. The van der Waals surface area contributed by atoms with Crippen molar-refractivity contribution in [3.63, 3.8) is 0 Å². The van der Waals surface area contributed by atoms with E-state index in [1.807, 2.05) is 0 Å². The van der Waals surface area contributed by atoms with E-state index >= 15 is 0 Å². The lowest BCUT2D eigenvalue weighted by molar-refractivity contribution is 0.780. The summed E-state index contributed by atoms with van der Waals surface area (Å²) in [5, 5.41) is 0. The quantitative estimate of drug-likeness (QED) is 0.390. The van der Waals surface area contributed by atoms with Gasteiger partial charge in [-0.15, -0.1) is 0 Å². The van der Waals surface area contributed by atoms with Gasteiger partial charge in [-0.05, 0) is 67.9 Å². The van der Waals surface area contributed by atoms with E-state index in [4.69, 9.17) is 0 Å². The molecule has 0 amide bonds. The van der Waals surface area contributed by atoms with Crippen LogP contribution in [0.15, 0.2) is 88.9 Å². The molecule has 0 aromatic heterocycles. The third-order valence-electron chi connectivity index (χ3n) is 6.25. The van der Waals surface area contributed by atoms with E-state index in [9.17, 15) is 0 Å². The molecule has 26 heavy (non-hydrogen) atoms. The molecule has 0 unspecified atom stereocenters. The van der Waals surface area contributed by atoms with Gasteiger partial charge in [0, 0.05) is 0 Å². The number of allylic oxidation sites excluding steroid dienone is 4. The van der Waals surface area contributed by atoms with Gasteiger partial charge in [0.25, 0.3) is 0 Å². The summed E-state index contributed by atoms with van der Waals surface area (Å²) in [5.41, 5.74) is 11.3. The summed E-state index contributed by atoms with van der Waals surface area (Å²) in [4.78, 5) is 0. The molecule has 3 aromatic carbocycles. The Kier molecular flexibility index (Phi) is 2.88. The second-order valence-corrected chi connectivity index (χ2v) is 8.39. The monoisotopic (exact) mass is 396 g/mol. The van der Waals surface area contributed by atoms with Gasteiger partial charge in [-0.25, -0.2) is 0 Å². The molecular weight excluding hydrogens is 380 g/mol. The lowest BCUT2D eigenvalue weighted by atomic mass is 9.69. The summed E-state index contributed by atoms with van der Waals surface area (Å²) in [6, 6.07) is 27.0. The van der Waals surface area contributed by atoms with Crippen LogP contribution in [0.5, 0.6) is 0 Å². The van der Waals surface area contributed by atoms with Gasteiger partial charge in [0.15, 0.2) is 0 Å². The van der Waals surface area contributed by atoms with E-state index in [2.05, 4.69) is 94.8 Å². The summed E-state index contributed by atoms with van der Waals surface area (Å²) in [5.74, 6) is 0. The summed E-state index contributed by atoms with van der Waals surface area (Å²) < 4.78 is 1.31. The van der Waals surface area contributed by atoms with Gasteiger partial charge >= 0.3 is 0 Å². The molecule has 1 heteroatoms. The van der Waals surface area contributed by atoms with E-state index in [1.165, 1.54) is 49.0 Å². The number of hydrogen-bond donors (Lipinski definition) is 0. The van der Waals surface area contributed by atoms with Gasteiger partial charge in [0.2, 0.25) is 0 Å². The maximum Gasteiger partial charge on any atom is 0.0722 e. The van der Waals surface area contributed by atoms with E-state index in [0.717, 1.165) is 12.8 Å². The van der Waals surface area contributed by atoms with E-state index in [-0.39, 0.29) is 5.41 Å². The molecule has 0 nitrogen and oxygen atoms in total. The van der Waals surface area contributed by atoms with Crippen molar-refractivity contribution in [2.75, 3.05) is 0 Å². The van der Waals surface area contributed by atoms with Crippen LogP contribution in [-0.2, 0) is 5.41 Å². The van der Waals surface area contributed by atoms with Crippen molar-refractivity contribution < 1.29 is 0 Å². The highest BCUT2D eigenvalue weighted by Crippen LogP contribution is 2.63. The van der Waals surface area contributed by atoms with Crippen LogP contribution in [-0.4, -0.2) is 0 Å². The van der Waals surface area contributed by atoms with Gasteiger partial charge in [0.05, 0.1) is 5.41 Å². The molecule has 0 atom stereocenters. The van der Waals surface area contributed by atoms with Crippen LogP contribution in [0.3, 0.4) is 0 Å². The van der Waals surface area contributed by atoms with Crippen LogP contribution in [0, 0.1) is 0 Å². The minimum absolute atomic E-state index is 0.168. The molecule has 0 saturated carbocycles. The number of rotatable bonds is 0. The Labute approximate surface area is 162 Å². The standard InChI is InChI=1S/C25H17Br/c26-16-13-14-20-19-9-3-6-12-23(19)25(24(20)15-16)21-10-4-1-7-17(21)18-8-2-5-11-22(18)25/h1-12,15H,13-14H2. The zero-order chi connectivity index (χ0) is 17.3. The Morgan fingerprint density at radius 2 is 1.12 bits per heavy atom. The number of fused-ring (bicyclic) bond motifs is 9. The van der Waals surface area contributed by atoms with Crippen molar-refractivity contribution in [2.45, 2.75) is 18.3 Å². The first-order valence-corrected chi connectivity index (χ1v) is 10.00. The third-order valence-corrected chi connectivity index (χ3v) is 6.88. The molecule has 6 rings (SSSR count). The van der Waals surface area contributed by atoms with E-state index < -0.39 is 0 Å². The number of benzene rings is 3. The van der Waals surface area contributed by atoms with Crippen molar-refractivity contribution in [1.82, 2.24) is 0 Å². The van der Waals surface area contributed by atoms with Crippen molar-refractivity contribution in [2.24, 2.45) is 0 Å². The van der Waals surface area contributed by atoms with Crippen molar-refractivity contribution in [3.8, 4) is 11.1 Å². The highest BCUT2D eigenvalue weighted by molar-refractivity contribution is 9.11. The van der Waals surface area contributed by atoms with E-state index in [1.54, 1.807) is 0 Å². The van der Waals surface area contributed by atoms with Crippen LogP contribution in [0.4, 0.5) is 0 Å². The number of hydrogen-bond acceptors (Lipinski definition) is 0. The molecule has 0 radical (unpaired) electrons. The lowest BCUT2D eigenvalue weighted by Crippen LogP contribution is -2.27. The average molecular weight is 397 g/mol. The topological polar surface area (TPSA) is 0 Å². The highest BCUT2D eigenvalue weighted by Gasteiger charge is 2.52. The van der Waals surface area contributed by atoms with Crippen molar-refractivity contribution >= 4 is 21.5 Å². The predicted octanol–water partition coefficient (Wildman–Crippen LogP) is 6.84. The SMILES string of the molecule is BrC1=CC2=C(CC1)c1ccccc1C21c2ccccc2-c2ccccc21. The minimum atomic E-state index is -0.168. The van der Waals surface area contributed by atoms with Gasteiger partial charge < -0.3 is 0 Å². The predicted molar refractivity (Wildman–Crippen MR) is 111 cm³/mol. The van der Waals surface area contributed by atoms with Gasteiger partial charge in [0.1, 0.15) is 0 Å². The molecule has 3 aliphatic rings. The third kappa shape index (κ3) is 1.61. The molecule has 0 N–H and O–H groups in total. The Morgan fingerprint density at radius 1 is 0.615 bits per heavy atom. The molecule has 0 aliphatic heterocycles. The summed E-state index contributed by atoms with van der Waals surface area (Å²) in [7, 11) is 0. The van der Waals surface area contributed by atoms with E-state index in [0.29, 0.717) is 0 Å². The van der Waals surface area contributed by atoms with Gasteiger partial charge in [-0.3, -0.25) is 0 Å². The smallest absolute Gasteiger partial charge is 0.0619 e. The summed E-state index contributed by atoms with van der Waals surface area (Å²) in [6.07, 6.45) is 4.60. The first kappa shape index (κ1) is 14.8. The largest absolute Gasteiger partial charge is 0.0722 e. The van der Waals surface area contributed by atoms with Crippen LogP contribution in [0.2, 0.25) is 0 Å². The highest BCUT2D eigenvalue weighted by atomic mass is 79.9. The summed E-state index contributed by atoms with van der Waals surface area (Å²) >= 11 is 3.81. The van der Waals surface area contributed by atoms with Crippen LogP contribution < -0.4 is 0 Å². The molecule has 0 heterocycles. The second-order valence-electron chi connectivity index (χ2n) is 7.37. The molecule has 0 fully saturated rings. The molecule has 124 valence electrons. The lowest BCUT2D eigenvalue weighted by Gasteiger charge is -2.32. The Hall–Kier alpha value is -2.38. The molecule has 1 spiro atoms. The maximum absolute atomic E-state index is 3.81. The summed E-state index contributed by atoms with van der Waals surface area (Å²) in [6.45, 7) is 0. The molecule has 0 bridgehead atoms. The maximum atomic E-state index is 3.81. The first-order valence-electron chi connectivity index (χ1n) is 9.21. The molecule has 3 aromatic rings. The zero-order valence-electron chi connectivity index (χ0n) is 14.3. The fraction of sp³-hybridized carbons (Fsp3) is 0.120. The normalized spacial score (nSPS) is 18.3. The Bertz CT molecular complexity index is 1100. The average Bonchev–Trinajstić information content (AvgIpc) is 3.15. The van der Waals surface area contributed by atoms with Crippen molar-refractivity contribution in [1.29, 1.82) is 0 Å². The van der Waals surface area contributed by atoms with Crippen LogP contribution >= 0.6 is 15.9 Å². The zero-order valence-corrected chi connectivity index (χ0v) is 15.9. The molecular formula is C25H17Br. The fourth-order valence-electron chi connectivity index (χ4n) is 5.34. The molecule has 0 saturated heterocycles. The van der Waals surface area contributed by atoms with Crippen molar-refractivity contribution in [3.05, 3.63) is 111 Å². The van der Waals surface area contributed by atoms with Crippen LogP contribution in [0.1, 0.15) is 35.1 Å². The van der Waals surface area contributed by atoms with Gasteiger partial charge in [-0.2, -0.15) is 0 Å². The van der Waals surface area contributed by atoms with Crippen LogP contribution in [0.25, 0.3) is 16.7 Å². The fourth-order valence-corrected chi connectivity index (χ4v) is 5.77. The first-order chi connectivity index (χ1) is 12.8. The minimum Gasteiger partial charge on any atom is -0.0619 e. The number of halogens is 1. The van der Waals surface area contributed by atoms with Gasteiger partial charge in [-0.1, -0.05) is 88.7 Å². The molecule has 3 aliphatic carbocycles. The Balaban J connectivity index is 1.84. The second kappa shape index (κ2) is 5.08.